The Labute approximate surface area is 256 Å². The van der Waals surface area contributed by atoms with Crippen LogP contribution < -0.4 is 14.8 Å². The van der Waals surface area contributed by atoms with Crippen molar-refractivity contribution >= 4 is 11.6 Å². The average Bonchev–Trinajstić information content (AvgIpc) is 3.44. The van der Waals surface area contributed by atoms with Crippen molar-refractivity contribution in [2.24, 2.45) is 0 Å². The summed E-state index contributed by atoms with van der Waals surface area (Å²) in [6.45, 7) is 0.673. The quantitative estimate of drug-likeness (QED) is 0.208. The van der Waals surface area contributed by atoms with E-state index in [1.165, 1.54) is 12.3 Å². The first-order valence-corrected chi connectivity index (χ1v) is 15.1. The van der Waals surface area contributed by atoms with E-state index >= 15 is 0 Å². The Morgan fingerprint density at radius 3 is 2.67 bits per heavy atom. The van der Waals surface area contributed by atoms with Gasteiger partial charge in [0.2, 0.25) is 0 Å². The number of nitriles is 1. The van der Waals surface area contributed by atoms with Crippen LogP contribution in [-0.4, -0.2) is 22.2 Å². The summed E-state index contributed by atoms with van der Waals surface area (Å²) in [5, 5.41) is 23.7. The lowest BCUT2D eigenvalue weighted by Gasteiger charge is -2.29. The minimum absolute atomic E-state index is 0.00597. The number of halogens is 2. The van der Waals surface area contributed by atoms with E-state index in [1.54, 1.807) is 24.4 Å². The number of pyridine rings is 1. The zero-order valence-electron chi connectivity index (χ0n) is 23.7. The van der Waals surface area contributed by atoms with Gasteiger partial charge in [-0.2, -0.15) is 5.26 Å². The van der Waals surface area contributed by atoms with Gasteiger partial charge in [-0.15, -0.1) is 0 Å². The first kappa shape index (κ1) is 29.1. The molecule has 43 heavy (non-hydrogen) atoms. The third-order valence-electron chi connectivity index (χ3n) is 8.37. The van der Waals surface area contributed by atoms with Crippen molar-refractivity contribution in [3.8, 4) is 28.7 Å². The second-order valence-corrected chi connectivity index (χ2v) is 11.6. The summed E-state index contributed by atoms with van der Waals surface area (Å²) in [4.78, 5) is 4.14. The molecule has 2 aliphatic rings. The molecule has 220 valence electrons. The molecule has 1 heterocycles. The van der Waals surface area contributed by atoms with E-state index in [0.29, 0.717) is 34.2 Å². The molecule has 1 fully saturated rings. The Hall–Kier alpha value is -3.96. The molecule has 8 heteroatoms. The van der Waals surface area contributed by atoms with Gasteiger partial charge in [-0.05, 0) is 60.6 Å². The SMILES string of the molecule is N#Cc1cncc(COc2cc(O[C@H]3CCc4c(-c5ccccc5F)cccc43)c(Cl)cc2CNC2CCCC[C@H]2O)c1. The number of ether oxygens (including phenoxy) is 2. The number of nitrogens with zero attached hydrogens (tertiary/aromatic N) is 2. The number of hydrogen-bond acceptors (Lipinski definition) is 6. The van der Waals surface area contributed by atoms with Crippen molar-refractivity contribution in [1.29, 1.82) is 5.26 Å². The maximum absolute atomic E-state index is 14.7. The largest absolute Gasteiger partial charge is 0.488 e. The maximum Gasteiger partial charge on any atom is 0.142 e. The van der Waals surface area contributed by atoms with Gasteiger partial charge in [0.1, 0.15) is 36.1 Å². The Morgan fingerprint density at radius 1 is 1.00 bits per heavy atom. The van der Waals surface area contributed by atoms with E-state index in [1.807, 2.05) is 36.4 Å². The highest BCUT2D eigenvalue weighted by molar-refractivity contribution is 6.32. The molecule has 0 saturated heterocycles. The van der Waals surface area contributed by atoms with Gasteiger partial charge in [0.25, 0.3) is 0 Å². The smallest absolute Gasteiger partial charge is 0.142 e. The number of fused-ring (bicyclic) bond motifs is 1. The number of benzene rings is 3. The van der Waals surface area contributed by atoms with E-state index in [9.17, 15) is 14.8 Å². The van der Waals surface area contributed by atoms with E-state index < -0.39 is 0 Å². The van der Waals surface area contributed by atoms with Crippen molar-refractivity contribution < 1.29 is 19.0 Å². The Morgan fingerprint density at radius 2 is 1.84 bits per heavy atom. The molecule has 6 rings (SSSR count). The van der Waals surface area contributed by atoms with Crippen LogP contribution in [0.5, 0.6) is 11.5 Å². The van der Waals surface area contributed by atoms with Crippen molar-refractivity contribution in [3.05, 3.63) is 112 Å². The zero-order valence-corrected chi connectivity index (χ0v) is 24.5. The number of aromatic nitrogens is 1. The lowest BCUT2D eigenvalue weighted by molar-refractivity contribution is 0.0901. The van der Waals surface area contributed by atoms with Crippen LogP contribution in [0.3, 0.4) is 0 Å². The van der Waals surface area contributed by atoms with Crippen LogP contribution in [0.2, 0.25) is 5.02 Å². The summed E-state index contributed by atoms with van der Waals surface area (Å²) in [6, 6.07) is 20.3. The summed E-state index contributed by atoms with van der Waals surface area (Å²) in [5.41, 5.74) is 5.65. The van der Waals surface area contributed by atoms with Crippen LogP contribution in [0.4, 0.5) is 4.39 Å². The molecule has 1 aromatic heterocycles. The van der Waals surface area contributed by atoms with Crippen LogP contribution >= 0.6 is 11.6 Å². The Kier molecular flexibility index (Phi) is 8.90. The molecule has 0 aliphatic heterocycles. The number of hydrogen-bond donors (Lipinski definition) is 2. The van der Waals surface area contributed by atoms with Crippen LogP contribution in [0.25, 0.3) is 11.1 Å². The minimum Gasteiger partial charge on any atom is -0.488 e. The van der Waals surface area contributed by atoms with E-state index in [0.717, 1.165) is 66.3 Å². The van der Waals surface area contributed by atoms with Crippen LogP contribution in [0, 0.1) is 17.1 Å². The summed E-state index contributed by atoms with van der Waals surface area (Å²) < 4.78 is 27.5. The van der Waals surface area contributed by atoms with Gasteiger partial charge < -0.3 is 19.9 Å². The van der Waals surface area contributed by atoms with Gasteiger partial charge in [-0.3, -0.25) is 4.98 Å². The highest BCUT2D eigenvalue weighted by Gasteiger charge is 2.29. The fourth-order valence-corrected chi connectivity index (χ4v) is 6.37. The highest BCUT2D eigenvalue weighted by Crippen LogP contribution is 2.43. The molecule has 6 nitrogen and oxygen atoms in total. The van der Waals surface area contributed by atoms with Gasteiger partial charge in [-0.25, -0.2) is 4.39 Å². The molecule has 0 radical (unpaired) electrons. The van der Waals surface area contributed by atoms with Crippen molar-refractivity contribution in [2.75, 3.05) is 0 Å². The molecule has 0 bridgehead atoms. The van der Waals surface area contributed by atoms with E-state index in [4.69, 9.17) is 21.1 Å². The maximum atomic E-state index is 14.7. The highest BCUT2D eigenvalue weighted by atomic mass is 35.5. The zero-order chi connectivity index (χ0) is 29.8. The van der Waals surface area contributed by atoms with Crippen molar-refractivity contribution in [2.45, 2.75) is 69.9 Å². The van der Waals surface area contributed by atoms with Gasteiger partial charge in [0, 0.05) is 47.7 Å². The Bertz CT molecular complexity index is 1660. The molecule has 0 amide bonds. The molecule has 1 saturated carbocycles. The standard InChI is InChI=1S/C35H33ClFN3O3/c36-29-15-24(20-40-31-10-3-4-11-32(31)41)34(42-21-23-14-22(17-38)18-39-19-23)16-35(29)43-33-13-12-26-25(7-5-8-28(26)33)27-6-1-2-9-30(27)37/h1-2,5-9,14-16,18-19,31-33,40-41H,3-4,10-13,20-21H2/t31?,32-,33+/m1/s1. The third kappa shape index (κ3) is 6.52. The first-order valence-electron chi connectivity index (χ1n) is 14.7. The van der Waals surface area contributed by atoms with Crippen molar-refractivity contribution in [3.63, 3.8) is 0 Å². The normalized spacial score (nSPS) is 19.4. The number of rotatable bonds is 9. The van der Waals surface area contributed by atoms with Gasteiger partial charge in [0.15, 0.2) is 0 Å². The lowest BCUT2D eigenvalue weighted by atomic mass is 9.92. The molecule has 4 aromatic rings. The first-order chi connectivity index (χ1) is 21.0. The predicted molar refractivity (Wildman–Crippen MR) is 163 cm³/mol. The monoisotopic (exact) mass is 597 g/mol. The molecular formula is C35H33ClFN3O3. The van der Waals surface area contributed by atoms with Crippen LogP contribution in [0.15, 0.2) is 73.1 Å². The summed E-state index contributed by atoms with van der Waals surface area (Å²) >= 11 is 6.81. The summed E-state index contributed by atoms with van der Waals surface area (Å²) in [5.74, 6) is 0.847. The topological polar surface area (TPSA) is 87.4 Å². The van der Waals surface area contributed by atoms with E-state index in [2.05, 4.69) is 16.4 Å². The average molecular weight is 598 g/mol. The van der Waals surface area contributed by atoms with Gasteiger partial charge >= 0.3 is 0 Å². The fourth-order valence-electron chi connectivity index (χ4n) is 6.14. The van der Waals surface area contributed by atoms with Crippen LogP contribution in [0.1, 0.15) is 66.0 Å². The van der Waals surface area contributed by atoms with E-state index in [-0.39, 0.29) is 30.7 Å². The summed E-state index contributed by atoms with van der Waals surface area (Å²) in [6.07, 6.45) is 7.88. The molecule has 0 spiro atoms. The number of aliphatic hydroxyl groups excluding tert-OH is 1. The van der Waals surface area contributed by atoms with Crippen LogP contribution in [-0.2, 0) is 19.6 Å². The molecule has 2 aliphatic carbocycles. The van der Waals surface area contributed by atoms with Crippen molar-refractivity contribution in [1.82, 2.24) is 10.3 Å². The predicted octanol–water partition coefficient (Wildman–Crippen LogP) is 7.45. The molecule has 1 unspecified atom stereocenters. The molecular weight excluding hydrogens is 565 g/mol. The fraction of sp³-hybridized carbons (Fsp3) is 0.314. The molecule has 3 aromatic carbocycles. The van der Waals surface area contributed by atoms with Gasteiger partial charge in [0.05, 0.1) is 16.7 Å². The van der Waals surface area contributed by atoms with Gasteiger partial charge in [-0.1, -0.05) is 60.8 Å². The summed E-state index contributed by atoms with van der Waals surface area (Å²) in [7, 11) is 0. The lowest BCUT2D eigenvalue weighted by Crippen LogP contribution is -2.41. The Balaban J connectivity index is 1.26. The third-order valence-corrected chi connectivity index (χ3v) is 8.66. The minimum atomic E-state index is -0.382. The molecule has 2 N–H and O–H groups in total. The molecule has 3 atom stereocenters. The second kappa shape index (κ2) is 13.1. The number of nitrogens with one attached hydrogen (secondary N) is 1. The second-order valence-electron chi connectivity index (χ2n) is 11.2. The number of aliphatic hydroxyl groups is 1.